The Morgan fingerprint density at radius 3 is 2.67 bits per heavy atom. The van der Waals surface area contributed by atoms with Crippen LogP contribution in [0, 0.1) is 5.41 Å². The largest absolute Gasteiger partial charge is 0.508 e. The summed E-state index contributed by atoms with van der Waals surface area (Å²) in [5.74, 6) is 0.406. The molecule has 2 aliphatic rings. The molecule has 2 aromatic carbocycles. The number of aromatic hydroxyl groups is 1. The summed E-state index contributed by atoms with van der Waals surface area (Å²) >= 11 is 0. The van der Waals surface area contributed by atoms with Gasteiger partial charge in [-0.1, -0.05) is 51.1 Å². The van der Waals surface area contributed by atoms with Crippen LogP contribution in [0.25, 0.3) is 0 Å². The van der Waals surface area contributed by atoms with E-state index in [9.17, 15) is 9.90 Å². The molecule has 0 saturated heterocycles. The molecule has 4 nitrogen and oxygen atoms in total. The molecule has 0 spiro atoms. The zero-order valence-electron chi connectivity index (χ0n) is 18.7. The molecule has 30 heavy (non-hydrogen) atoms. The summed E-state index contributed by atoms with van der Waals surface area (Å²) in [6, 6.07) is 14.2. The SMILES string of the molecule is CN(CC[C@@]1(C)c2cccc(O)c2CCC1(C)C)C(=O)N1CCCc2ccccc21. The minimum absolute atomic E-state index is 0.0792. The van der Waals surface area contributed by atoms with Crippen molar-refractivity contribution in [1.82, 2.24) is 4.90 Å². The number of aryl methyl sites for hydroxylation is 1. The number of hydrogen-bond donors (Lipinski definition) is 1. The standard InChI is InChI=1S/C26H34N2O2/c1-25(2)15-14-20-21(11-7-13-23(20)29)26(25,3)16-18-27(4)24(30)28-17-8-10-19-9-5-6-12-22(19)28/h5-7,9,11-13,29H,8,10,14-18H2,1-4H3/t26-/m0/s1. The molecule has 1 aliphatic carbocycles. The van der Waals surface area contributed by atoms with Gasteiger partial charge in [0.15, 0.2) is 0 Å². The van der Waals surface area contributed by atoms with Crippen LogP contribution in [-0.2, 0) is 18.3 Å². The van der Waals surface area contributed by atoms with E-state index >= 15 is 0 Å². The Balaban J connectivity index is 1.55. The summed E-state index contributed by atoms with van der Waals surface area (Å²) < 4.78 is 0. The van der Waals surface area contributed by atoms with Crippen LogP contribution in [0.4, 0.5) is 10.5 Å². The van der Waals surface area contributed by atoms with Crippen LogP contribution < -0.4 is 4.90 Å². The number of fused-ring (bicyclic) bond motifs is 2. The molecule has 1 N–H and O–H groups in total. The second-order valence-corrected chi connectivity index (χ2v) is 9.86. The first-order valence-electron chi connectivity index (χ1n) is 11.2. The zero-order valence-corrected chi connectivity index (χ0v) is 18.7. The van der Waals surface area contributed by atoms with Crippen LogP contribution in [0.15, 0.2) is 42.5 Å². The Morgan fingerprint density at radius 1 is 1.10 bits per heavy atom. The van der Waals surface area contributed by atoms with Crippen LogP contribution in [0.1, 0.15) is 56.7 Å². The Morgan fingerprint density at radius 2 is 1.87 bits per heavy atom. The van der Waals surface area contributed by atoms with E-state index < -0.39 is 0 Å². The minimum Gasteiger partial charge on any atom is -0.508 e. The first-order valence-corrected chi connectivity index (χ1v) is 11.2. The number of urea groups is 1. The van der Waals surface area contributed by atoms with Gasteiger partial charge in [0.05, 0.1) is 0 Å². The number of rotatable bonds is 3. The molecule has 4 rings (SSSR count). The zero-order chi connectivity index (χ0) is 21.5. The summed E-state index contributed by atoms with van der Waals surface area (Å²) in [4.78, 5) is 17.1. The molecule has 1 heterocycles. The minimum atomic E-state index is -0.104. The van der Waals surface area contributed by atoms with Gasteiger partial charge in [-0.05, 0) is 71.8 Å². The maximum Gasteiger partial charge on any atom is 0.324 e. The summed E-state index contributed by atoms with van der Waals surface area (Å²) in [5.41, 5.74) is 4.62. The lowest BCUT2D eigenvalue weighted by Gasteiger charge is -2.50. The van der Waals surface area contributed by atoms with Crippen molar-refractivity contribution >= 4 is 11.7 Å². The van der Waals surface area contributed by atoms with E-state index in [-0.39, 0.29) is 16.9 Å². The number of amides is 2. The highest BCUT2D eigenvalue weighted by molar-refractivity contribution is 5.93. The van der Waals surface area contributed by atoms with E-state index in [2.05, 4.69) is 45.0 Å². The van der Waals surface area contributed by atoms with Gasteiger partial charge in [0, 0.05) is 25.8 Å². The fourth-order valence-corrected chi connectivity index (χ4v) is 5.33. The Kier molecular flexibility index (Phi) is 5.29. The molecule has 4 heteroatoms. The van der Waals surface area contributed by atoms with E-state index in [0.29, 0.717) is 12.3 Å². The number of hydrogen-bond acceptors (Lipinski definition) is 2. The topological polar surface area (TPSA) is 43.8 Å². The lowest BCUT2D eigenvalue weighted by Crippen LogP contribution is -2.48. The van der Waals surface area contributed by atoms with Crippen molar-refractivity contribution in [3.05, 3.63) is 59.2 Å². The maximum absolute atomic E-state index is 13.3. The van der Waals surface area contributed by atoms with E-state index in [0.717, 1.165) is 49.9 Å². The molecule has 0 saturated carbocycles. The number of anilines is 1. The molecule has 0 radical (unpaired) electrons. The predicted octanol–water partition coefficient (Wildman–Crippen LogP) is 5.52. The monoisotopic (exact) mass is 406 g/mol. The highest BCUT2D eigenvalue weighted by atomic mass is 16.3. The molecule has 160 valence electrons. The Hall–Kier alpha value is -2.49. The van der Waals surface area contributed by atoms with Crippen molar-refractivity contribution in [3.8, 4) is 5.75 Å². The summed E-state index contributed by atoms with van der Waals surface area (Å²) in [5, 5.41) is 10.4. The normalized spacial score (nSPS) is 22.2. The molecular weight excluding hydrogens is 372 g/mol. The fraction of sp³-hybridized carbons (Fsp3) is 0.500. The molecule has 0 bridgehead atoms. The molecule has 2 amide bonds. The molecule has 0 fully saturated rings. The van der Waals surface area contributed by atoms with Gasteiger partial charge in [-0.25, -0.2) is 4.79 Å². The number of phenols is 1. The molecule has 1 aliphatic heterocycles. The summed E-state index contributed by atoms with van der Waals surface area (Å²) in [7, 11) is 1.92. The van der Waals surface area contributed by atoms with E-state index in [1.807, 2.05) is 29.0 Å². The Labute approximate surface area is 180 Å². The van der Waals surface area contributed by atoms with Crippen LogP contribution in [-0.4, -0.2) is 36.2 Å². The maximum atomic E-state index is 13.3. The lowest BCUT2D eigenvalue weighted by atomic mass is 9.55. The quantitative estimate of drug-likeness (QED) is 0.730. The van der Waals surface area contributed by atoms with Crippen LogP contribution >= 0.6 is 0 Å². The average Bonchev–Trinajstić information content (AvgIpc) is 2.74. The van der Waals surface area contributed by atoms with E-state index in [1.54, 1.807) is 6.07 Å². The van der Waals surface area contributed by atoms with Crippen molar-refractivity contribution in [2.24, 2.45) is 5.41 Å². The number of benzene rings is 2. The van der Waals surface area contributed by atoms with Gasteiger partial charge < -0.3 is 10.0 Å². The smallest absolute Gasteiger partial charge is 0.324 e. The highest BCUT2D eigenvalue weighted by Crippen LogP contribution is 2.53. The number of carbonyl (C=O) groups excluding carboxylic acids is 1. The van der Waals surface area contributed by atoms with Gasteiger partial charge >= 0.3 is 6.03 Å². The van der Waals surface area contributed by atoms with Crippen molar-refractivity contribution in [3.63, 3.8) is 0 Å². The van der Waals surface area contributed by atoms with Gasteiger partial charge in [-0.3, -0.25) is 4.90 Å². The van der Waals surface area contributed by atoms with E-state index in [4.69, 9.17) is 0 Å². The number of phenolic OH excluding ortho intramolecular Hbond substituents is 1. The molecular formula is C26H34N2O2. The van der Waals surface area contributed by atoms with E-state index in [1.165, 1.54) is 11.1 Å². The van der Waals surface area contributed by atoms with Gasteiger partial charge in [-0.2, -0.15) is 0 Å². The van der Waals surface area contributed by atoms with Gasteiger partial charge in [0.2, 0.25) is 0 Å². The molecule has 2 aromatic rings. The van der Waals surface area contributed by atoms with Gasteiger partial charge in [0.1, 0.15) is 5.75 Å². The first-order chi connectivity index (χ1) is 14.2. The van der Waals surface area contributed by atoms with Crippen molar-refractivity contribution in [1.29, 1.82) is 0 Å². The first kappa shape index (κ1) is 20.8. The molecule has 0 aromatic heterocycles. The fourth-order valence-electron chi connectivity index (χ4n) is 5.33. The average molecular weight is 407 g/mol. The third kappa shape index (κ3) is 3.36. The van der Waals surface area contributed by atoms with Crippen molar-refractivity contribution < 1.29 is 9.90 Å². The molecule has 1 atom stereocenters. The van der Waals surface area contributed by atoms with Crippen LogP contribution in [0.2, 0.25) is 0 Å². The second kappa shape index (κ2) is 7.64. The van der Waals surface area contributed by atoms with Crippen molar-refractivity contribution in [2.75, 3.05) is 25.0 Å². The number of para-hydroxylation sites is 1. The number of nitrogens with zero attached hydrogens (tertiary/aromatic N) is 2. The lowest BCUT2D eigenvalue weighted by molar-refractivity contribution is 0.123. The van der Waals surface area contributed by atoms with Gasteiger partial charge in [-0.15, -0.1) is 0 Å². The van der Waals surface area contributed by atoms with Gasteiger partial charge in [0.25, 0.3) is 0 Å². The van der Waals surface area contributed by atoms with Crippen LogP contribution in [0.3, 0.4) is 0 Å². The highest BCUT2D eigenvalue weighted by Gasteiger charge is 2.46. The predicted molar refractivity (Wildman–Crippen MR) is 122 cm³/mol. The van der Waals surface area contributed by atoms with Crippen molar-refractivity contribution in [2.45, 2.75) is 58.3 Å². The Bertz CT molecular complexity index is 952. The molecule has 0 unspecified atom stereocenters. The third-order valence-electron chi connectivity index (χ3n) is 7.85. The third-order valence-corrected chi connectivity index (χ3v) is 7.85. The summed E-state index contributed by atoms with van der Waals surface area (Å²) in [6.07, 6.45) is 4.85. The number of carbonyl (C=O) groups is 1. The second-order valence-electron chi connectivity index (χ2n) is 9.86. The summed E-state index contributed by atoms with van der Waals surface area (Å²) in [6.45, 7) is 8.41. The van der Waals surface area contributed by atoms with Crippen LogP contribution in [0.5, 0.6) is 5.75 Å².